The summed E-state index contributed by atoms with van der Waals surface area (Å²) in [4.78, 5) is 51.5. The minimum absolute atomic E-state index is 0.0958. The number of rotatable bonds is 15. The number of nitrogens with two attached hydrogens (primary N) is 1. The minimum Gasteiger partial charge on any atom is -0.398 e. The molecule has 4 aromatic carbocycles. The fourth-order valence-corrected chi connectivity index (χ4v) is 9.96. The van der Waals surface area contributed by atoms with E-state index in [0.717, 1.165) is 85.6 Å². The van der Waals surface area contributed by atoms with Crippen LogP contribution >= 0.6 is 23.2 Å². The van der Waals surface area contributed by atoms with Crippen LogP contribution in [0.3, 0.4) is 0 Å². The first-order valence-corrected chi connectivity index (χ1v) is 25.7. The number of hydrogen-bond donors (Lipinski definition) is 3. The zero-order valence-corrected chi connectivity index (χ0v) is 46.2. The molecule has 6 aromatic rings. The molecule has 0 atom stereocenters. The zero-order chi connectivity index (χ0) is 54.2. The van der Waals surface area contributed by atoms with Crippen molar-refractivity contribution >= 4 is 96.0 Å². The molecule has 0 spiro atoms. The lowest BCUT2D eigenvalue weighted by molar-refractivity contribution is -0.385. The number of carbonyl (C=O) groups excluding carboxylic acids is 2. The lowest BCUT2D eigenvalue weighted by Crippen LogP contribution is -2.43. The lowest BCUT2D eigenvalue weighted by Gasteiger charge is -2.32. The van der Waals surface area contributed by atoms with Gasteiger partial charge in [0, 0.05) is 46.4 Å². The number of aryl methyl sites for hydroxylation is 5. The van der Waals surface area contributed by atoms with Gasteiger partial charge in [-0.1, -0.05) is 111 Å². The molecule has 12 nitrogen and oxygen atoms in total. The van der Waals surface area contributed by atoms with Crippen LogP contribution in [0, 0.1) is 58.6 Å². The summed E-state index contributed by atoms with van der Waals surface area (Å²) in [5.41, 5.74) is 23.5. The molecule has 0 unspecified atom stereocenters. The van der Waals surface area contributed by atoms with E-state index in [9.17, 15) is 19.7 Å². The van der Waals surface area contributed by atoms with Gasteiger partial charge in [0.1, 0.15) is 15.7 Å². The van der Waals surface area contributed by atoms with Crippen LogP contribution in [0.5, 0.6) is 0 Å². The summed E-state index contributed by atoms with van der Waals surface area (Å²) in [6, 6.07) is 14.3. The van der Waals surface area contributed by atoms with E-state index in [2.05, 4.69) is 35.5 Å². The first-order chi connectivity index (χ1) is 34.6. The molecule has 4 N–H and O–H groups in total. The van der Waals surface area contributed by atoms with E-state index in [1.807, 2.05) is 113 Å². The van der Waals surface area contributed by atoms with E-state index in [4.69, 9.17) is 49.6 Å². The van der Waals surface area contributed by atoms with Crippen molar-refractivity contribution in [3.63, 3.8) is 0 Å². The number of aromatic nitrogens is 2. The number of hydrogen-bond acceptors (Lipinski definition) is 7. The Morgan fingerprint density at radius 1 is 0.658 bits per heavy atom. The first kappa shape index (κ1) is 57.5. The number of carbonyl (C=O) groups is 2. The summed E-state index contributed by atoms with van der Waals surface area (Å²) in [7, 11) is 13.5. The van der Waals surface area contributed by atoms with Gasteiger partial charge in [-0.05, 0) is 155 Å². The van der Waals surface area contributed by atoms with Crippen LogP contribution in [0.1, 0.15) is 125 Å². The van der Waals surface area contributed by atoms with Crippen LogP contribution in [-0.2, 0) is 51.6 Å². The molecular formula is C57H68B2Cl2N8O4. The normalized spacial score (nSPS) is 10.9. The molecule has 0 aliphatic rings. The first-order valence-electron chi connectivity index (χ1n) is 24.9. The second kappa shape index (κ2) is 25.0. The number of nitrogen functional groups attached to an aromatic ring is 1. The fraction of sp³-hybridized carbons (Fsp3) is 0.368. The third-order valence-electron chi connectivity index (χ3n) is 13.9. The summed E-state index contributed by atoms with van der Waals surface area (Å²) in [5, 5.41) is 18.6. The minimum atomic E-state index is -0.459. The molecule has 16 heteroatoms. The smallest absolute Gasteiger partial charge is 0.326 e. The molecule has 2 heterocycles. The third kappa shape index (κ3) is 12.5. The van der Waals surface area contributed by atoms with Gasteiger partial charge in [-0.25, -0.2) is 9.59 Å². The monoisotopic (exact) mass is 1020 g/mol. The second-order valence-electron chi connectivity index (χ2n) is 18.3. The van der Waals surface area contributed by atoms with E-state index in [0.29, 0.717) is 81.2 Å². The molecule has 2 aromatic heterocycles. The van der Waals surface area contributed by atoms with Gasteiger partial charge < -0.3 is 16.4 Å². The summed E-state index contributed by atoms with van der Waals surface area (Å²) in [6.45, 7) is 26.1. The number of nitrogens with zero attached hydrogens (tertiary/aromatic N) is 5. The topological polar surface area (TPSA) is 160 Å². The molecule has 380 valence electrons. The molecule has 6 rings (SSSR count). The van der Waals surface area contributed by atoms with Crippen molar-refractivity contribution in [3.8, 4) is 0 Å². The number of pyridine rings is 2. The predicted octanol–water partition coefficient (Wildman–Crippen LogP) is 12.6. The van der Waals surface area contributed by atoms with Crippen molar-refractivity contribution < 1.29 is 14.5 Å². The van der Waals surface area contributed by atoms with E-state index in [1.54, 1.807) is 16.0 Å². The van der Waals surface area contributed by atoms with Crippen molar-refractivity contribution in [1.82, 2.24) is 9.97 Å². The van der Waals surface area contributed by atoms with E-state index >= 15 is 0 Å². The third-order valence-corrected chi connectivity index (χ3v) is 14.7. The Morgan fingerprint density at radius 3 is 1.70 bits per heavy atom. The number of nitrogens with one attached hydrogen (secondary N) is 2. The van der Waals surface area contributed by atoms with Gasteiger partial charge in [-0.15, -0.1) is 0 Å². The summed E-state index contributed by atoms with van der Waals surface area (Å²) in [6.07, 6.45) is 5.60. The van der Waals surface area contributed by atoms with Gasteiger partial charge in [0.25, 0.3) is 5.69 Å². The number of nitro groups is 1. The van der Waals surface area contributed by atoms with Crippen LogP contribution in [0.4, 0.5) is 43.7 Å². The predicted molar refractivity (Wildman–Crippen MR) is 306 cm³/mol. The number of halogens is 2. The van der Waals surface area contributed by atoms with Crippen molar-refractivity contribution in [1.29, 1.82) is 0 Å². The number of nitro benzene ring substituents is 1. The average molecular weight is 1020 g/mol. The molecule has 0 aliphatic heterocycles. The summed E-state index contributed by atoms with van der Waals surface area (Å²) >= 11 is 13.1. The van der Waals surface area contributed by atoms with Crippen LogP contribution in [0.25, 0.3) is 0 Å². The van der Waals surface area contributed by atoms with Crippen LogP contribution in [0.15, 0.2) is 54.7 Å². The van der Waals surface area contributed by atoms with Crippen molar-refractivity contribution in [3.05, 3.63) is 159 Å². The summed E-state index contributed by atoms with van der Waals surface area (Å²) < 4.78 is 0. The maximum absolute atomic E-state index is 14.3. The molecule has 0 saturated carbocycles. The van der Waals surface area contributed by atoms with E-state index in [-0.39, 0.29) is 29.8 Å². The molecule has 0 saturated heterocycles. The average Bonchev–Trinajstić information content (AvgIpc) is 3.36. The van der Waals surface area contributed by atoms with Gasteiger partial charge in [0.15, 0.2) is 0 Å². The van der Waals surface area contributed by atoms with Crippen LogP contribution in [-0.4, -0.2) is 42.6 Å². The lowest BCUT2D eigenvalue weighted by atomic mass is 9.75. The second-order valence-corrected chi connectivity index (χ2v) is 19.1. The SMILES string of the molecule is CCc1ccc(N(Cc2ccc(C)nc2)C(=O)Nc2c(CC)c(Cl)cc([N+](=O)[O-])c2CC)cc1.[B]c1c(C)c(CC)c(C)c([B])c1N(Cc1cc(C)c(C)nc1C)C(=O)Nc1c(CC)c(N)c(C)c(Cl)c1CC. The molecule has 4 amide bonds. The molecule has 0 aliphatic carbocycles. The van der Waals surface area contributed by atoms with Crippen molar-refractivity contribution in [2.45, 2.75) is 142 Å². The number of benzene rings is 4. The Morgan fingerprint density at radius 2 is 1.19 bits per heavy atom. The molecule has 0 fully saturated rings. The van der Waals surface area contributed by atoms with Gasteiger partial charge in [-0.3, -0.25) is 29.9 Å². The molecular weight excluding hydrogens is 953 g/mol. The molecule has 73 heavy (non-hydrogen) atoms. The van der Waals surface area contributed by atoms with Gasteiger partial charge >= 0.3 is 12.1 Å². The Kier molecular flexibility index (Phi) is 19.7. The number of anilines is 5. The Hall–Kier alpha value is -6.37. The van der Waals surface area contributed by atoms with Crippen LogP contribution in [0.2, 0.25) is 10.0 Å². The van der Waals surface area contributed by atoms with Crippen molar-refractivity contribution in [2.75, 3.05) is 26.2 Å². The zero-order valence-electron chi connectivity index (χ0n) is 44.7. The standard InChI is InChI=1S/C31H39B2ClN4O.C26H29ClN4O3/c1-10-22-16(5)25(32)30(26(33)17(22)6)38(14-21-13-15(4)19(8)36-20(21)9)31(39)37-29-23(11-2)27(34)18(7)28(35)24(29)12-3;1-5-18-10-12-20(13-11-18)30(16-19-9-8-17(4)28-15-19)26(32)29-25-21(6-2)23(27)14-24(31(33)34)22(25)7-3/h13H,10-12,14,35H2,1-9H3,(H,37,39);8-15H,5-7,16H2,1-4H3,(H,29,32). The van der Waals surface area contributed by atoms with Gasteiger partial charge in [0.05, 0.1) is 45.0 Å². The number of urea groups is 2. The molecule has 0 bridgehead atoms. The van der Waals surface area contributed by atoms with Gasteiger partial charge in [0.2, 0.25) is 0 Å². The molecule has 4 radical (unpaired) electrons. The van der Waals surface area contributed by atoms with Gasteiger partial charge in [-0.2, -0.15) is 0 Å². The Labute approximate surface area is 444 Å². The summed E-state index contributed by atoms with van der Waals surface area (Å²) in [5.74, 6) is 0. The van der Waals surface area contributed by atoms with E-state index in [1.165, 1.54) is 6.07 Å². The fourth-order valence-electron chi connectivity index (χ4n) is 9.30. The highest BCUT2D eigenvalue weighted by Crippen LogP contribution is 2.39. The highest BCUT2D eigenvalue weighted by Gasteiger charge is 2.29. The van der Waals surface area contributed by atoms with E-state index < -0.39 is 11.0 Å². The Balaban J connectivity index is 0.000000273. The highest BCUT2D eigenvalue weighted by molar-refractivity contribution is 6.46. The quantitative estimate of drug-likeness (QED) is 0.0399. The highest BCUT2D eigenvalue weighted by atomic mass is 35.5. The maximum Gasteiger partial charge on any atom is 0.326 e. The van der Waals surface area contributed by atoms with Crippen molar-refractivity contribution in [2.24, 2.45) is 0 Å². The Bertz CT molecular complexity index is 2980. The maximum atomic E-state index is 14.3. The van der Waals surface area contributed by atoms with Crippen LogP contribution < -0.4 is 37.1 Å². The largest absolute Gasteiger partial charge is 0.398 e. The number of amides is 4.